The Kier molecular flexibility index (Phi) is 8.18. The molecule has 1 aliphatic rings. The van der Waals surface area contributed by atoms with E-state index in [0.29, 0.717) is 13.0 Å². The van der Waals surface area contributed by atoms with Gasteiger partial charge in [-0.3, -0.25) is 9.59 Å². The van der Waals surface area contributed by atoms with Crippen LogP contribution in [-0.4, -0.2) is 66.8 Å². The van der Waals surface area contributed by atoms with Crippen molar-refractivity contribution in [2.45, 2.75) is 23.7 Å². The molecular weight excluding hydrogens is 484 g/mol. The fraction of sp³-hybridized carbons (Fsp3) is 0.185. The molecule has 3 aromatic carbocycles. The van der Waals surface area contributed by atoms with E-state index < -0.39 is 45.8 Å². The molecule has 0 aromatic heterocycles. The number of carbonyl (C=O) groups is 4. The van der Waals surface area contributed by atoms with Gasteiger partial charge in [0.1, 0.15) is 5.75 Å². The predicted molar refractivity (Wildman–Crippen MR) is 128 cm³/mol. The molecule has 1 aliphatic heterocycles. The Morgan fingerprint density at radius 1 is 0.676 bits per heavy atom. The molecule has 0 saturated carbocycles. The molecule has 0 spiro atoms. The highest BCUT2D eigenvalue weighted by atomic mass is 16.5. The molecule has 0 bridgehead atoms. The van der Waals surface area contributed by atoms with E-state index in [2.05, 4.69) is 0 Å². The quantitative estimate of drug-likeness (QED) is 0.234. The number of aliphatic hydroxyl groups excluding tert-OH is 1. The van der Waals surface area contributed by atoms with E-state index in [1.165, 1.54) is 36.4 Å². The average Bonchev–Trinajstić information content (AvgIpc) is 2.92. The van der Waals surface area contributed by atoms with Gasteiger partial charge in [-0.25, -0.2) is 9.59 Å². The monoisotopic (exact) mass is 508 g/mol. The zero-order valence-corrected chi connectivity index (χ0v) is 19.4. The number of aliphatic hydroxyl groups is 3. The van der Waals surface area contributed by atoms with Crippen LogP contribution in [0, 0.1) is 0 Å². The molecule has 5 N–H and O–H groups in total. The van der Waals surface area contributed by atoms with Crippen molar-refractivity contribution < 1.29 is 49.4 Å². The zero-order chi connectivity index (χ0) is 27.2. The Morgan fingerprint density at radius 3 is 1.49 bits per heavy atom. The number of hydrogen-bond acceptors (Lipinski definition) is 8. The summed E-state index contributed by atoms with van der Waals surface area (Å²) in [7, 11) is 0. The number of aliphatic carboxylic acids is 2. The second-order valence-electron chi connectivity index (χ2n) is 8.11. The summed E-state index contributed by atoms with van der Waals surface area (Å²) in [5, 5.41) is 49.3. The van der Waals surface area contributed by atoms with E-state index in [9.17, 15) is 44.7 Å². The smallest absolute Gasteiger partial charge is 0.348 e. The summed E-state index contributed by atoms with van der Waals surface area (Å²) < 4.78 is 5.33. The average molecular weight is 508 g/mol. The van der Waals surface area contributed by atoms with Crippen LogP contribution < -0.4 is 4.74 Å². The standard InChI is InChI=1S/C18H14O8.C9H10O2/c19-13(11-7-3-1-4-8-11)17(25,15(21)22)18(26,16(23)24)14(20)12-9-5-2-6-10-12;10-8-5-6-11-9-4-2-1-3-7(8)9/h1-10,25-26H,(H,21,22)(H,23,24);1-4,8,10H,5-6H2/t17-,18-;/m1./s1. The molecule has 0 saturated heterocycles. The number of carboxylic acid groups (broad SMARTS) is 2. The predicted octanol–water partition coefficient (Wildman–Crippen LogP) is 1.89. The minimum Gasteiger partial charge on any atom is -0.493 e. The van der Waals surface area contributed by atoms with E-state index in [4.69, 9.17) is 4.74 Å². The molecule has 4 rings (SSSR count). The molecule has 1 heterocycles. The Bertz CT molecular complexity index is 1220. The lowest BCUT2D eigenvalue weighted by atomic mass is 9.73. The van der Waals surface area contributed by atoms with Crippen molar-refractivity contribution in [2.75, 3.05) is 6.61 Å². The van der Waals surface area contributed by atoms with Gasteiger partial charge in [0.2, 0.25) is 11.6 Å². The van der Waals surface area contributed by atoms with Crippen molar-refractivity contribution >= 4 is 23.5 Å². The number of fused-ring (bicyclic) bond motifs is 1. The summed E-state index contributed by atoms with van der Waals surface area (Å²) in [4.78, 5) is 48.5. The molecule has 0 aliphatic carbocycles. The van der Waals surface area contributed by atoms with E-state index in [1.54, 1.807) is 0 Å². The van der Waals surface area contributed by atoms with Gasteiger partial charge in [0.25, 0.3) is 11.2 Å². The highest BCUT2D eigenvalue weighted by molar-refractivity contribution is 6.28. The maximum absolute atomic E-state index is 12.6. The van der Waals surface area contributed by atoms with Gasteiger partial charge in [-0.15, -0.1) is 0 Å². The SMILES string of the molecule is O=C(O)[C@](O)(C(=O)c1ccccc1)[C@](O)(C(=O)O)C(=O)c1ccccc1.OC1CCOc2ccccc21. The fourth-order valence-electron chi connectivity index (χ4n) is 3.75. The molecule has 10 nitrogen and oxygen atoms in total. The first-order valence-electron chi connectivity index (χ1n) is 11.1. The van der Waals surface area contributed by atoms with E-state index in [1.807, 2.05) is 24.3 Å². The van der Waals surface area contributed by atoms with Crippen LogP contribution in [-0.2, 0) is 9.59 Å². The van der Waals surface area contributed by atoms with Crippen LogP contribution in [0.3, 0.4) is 0 Å². The number of Topliss-reactive ketones (excluding diaryl/α,β-unsaturated/α-hetero) is 2. The molecule has 37 heavy (non-hydrogen) atoms. The Morgan fingerprint density at radius 2 is 1.08 bits per heavy atom. The molecular formula is C27H24O10. The van der Waals surface area contributed by atoms with Crippen LogP contribution in [0.1, 0.15) is 38.8 Å². The minimum atomic E-state index is -3.95. The van der Waals surface area contributed by atoms with Crippen LogP contribution in [0.25, 0.3) is 0 Å². The number of ether oxygens (including phenoxy) is 1. The van der Waals surface area contributed by atoms with E-state index in [-0.39, 0.29) is 6.10 Å². The lowest BCUT2D eigenvalue weighted by molar-refractivity contribution is -0.187. The minimum absolute atomic E-state index is 0.333. The van der Waals surface area contributed by atoms with Gasteiger partial charge in [-0.05, 0) is 6.07 Å². The summed E-state index contributed by atoms with van der Waals surface area (Å²) in [5.74, 6) is -7.20. The molecule has 0 amide bonds. The van der Waals surface area contributed by atoms with Gasteiger partial charge >= 0.3 is 11.9 Å². The molecule has 192 valence electrons. The first-order chi connectivity index (χ1) is 17.5. The lowest BCUT2D eigenvalue weighted by Gasteiger charge is -2.34. The first kappa shape index (κ1) is 27.2. The van der Waals surface area contributed by atoms with Crippen LogP contribution in [0.15, 0.2) is 84.9 Å². The number of hydrogen-bond donors (Lipinski definition) is 5. The summed E-state index contributed by atoms with van der Waals surface area (Å²) in [6.07, 6.45) is 0.372. The largest absolute Gasteiger partial charge is 0.493 e. The van der Waals surface area contributed by atoms with Crippen molar-refractivity contribution in [3.63, 3.8) is 0 Å². The zero-order valence-electron chi connectivity index (χ0n) is 19.4. The van der Waals surface area contributed by atoms with Gasteiger partial charge in [0.15, 0.2) is 0 Å². The number of carboxylic acids is 2. The van der Waals surface area contributed by atoms with Crippen molar-refractivity contribution in [1.29, 1.82) is 0 Å². The fourth-order valence-corrected chi connectivity index (χ4v) is 3.75. The molecule has 0 radical (unpaired) electrons. The Balaban J connectivity index is 0.000000284. The third-order valence-electron chi connectivity index (χ3n) is 5.80. The molecule has 1 unspecified atom stereocenters. The Labute approximate surface area is 211 Å². The maximum Gasteiger partial charge on any atom is 0.348 e. The Hall–Kier alpha value is -4.38. The third-order valence-corrected chi connectivity index (χ3v) is 5.80. The van der Waals surface area contributed by atoms with Crippen molar-refractivity contribution in [1.82, 2.24) is 0 Å². The second kappa shape index (κ2) is 11.1. The third kappa shape index (κ3) is 5.12. The van der Waals surface area contributed by atoms with Crippen LogP contribution in [0.4, 0.5) is 0 Å². The lowest BCUT2D eigenvalue weighted by Crippen LogP contribution is -2.71. The van der Waals surface area contributed by atoms with Crippen LogP contribution >= 0.6 is 0 Å². The highest BCUT2D eigenvalue weighted by Crippen LogP contribution is 2.32. The van der Waals surface area contributed by atoms with Crippen LogP contribution in [0.2, 0.25) is 0 Å². The molecule has 3 aromatic rings. The summed E-state index contributed by atoms with van der Waals surface area (Å²) >= 11 is 0. The van der Waals surface area contributed by atoms with E-state index in [0.717, 1.165) is 35.6 Å². The maximum atomic E-state index is 12.6. The van der Waals surface area contributed by atoms with E-state index >= 15 is 0 Å². The van der Waals surface area contributed by atoms with Gasteiger partial charge in [-0.2, -0.15) is 0 Å². The number of benzene rings is 3. The first-order valence-corrected chi connectivity index (χ1v) is 11.1. The molecule has 3 atom stereocenters. The van der Waals surface area contributed by atoms with Crippen molar-refractivity contribution in [2.24, 2.45) is 0 Å². The number of carbonyl (C=O) groups excluding carboxylic acids is 2. The molecule has 0 fully saturated rings. The van der Waals surface area contributed by atoms with Crippen molar-refractivity contribution in [3.05, 3.63) is 102 Å². The second-order valence-corrected chi connectivity index (χ2v) is 8.11. The molecule has 10 heteroatoms. The number of para-hydroxylation sites is 1. The van der Waals surface area contributed by atoms with Gasteiger partial charge < -0.3 is 30.3 Å². The number of rotatable bonds is 7. The van der Waals surface area contributed by atoms with Crippen LogP contribution in [0.5, 0.6) is 5.75 Å². The van der Waals surface area contributed by atoms with Gasteiger partial charge in [0.05, 0.1) is 12.7 Å². The summed E-state index contributed by atoms with van der Waals surface area (Å²) in [6.45, 7) is 0.623. The topological polar surface area (TPSA) is 179 Å². The summed E-state index contributed by atoms with van der Waals surface area (Å²) in [5.41, 5.74) is -7.77. The van der Waals surface area contributed by atoms with Gasteiger partial charge in [-0.1, -0.05) is 78.9 Å². The highest BCUT2D eigenvalue weighted by Gasteiger charge is 2.69. The number of ketones is 2. The summed E-state index contributed by atoms with van der Waals surface area (Å²) in [6, 6.07) is 20.4. The normalized spacial score (nSPS) is 17.3. The van der Waals surface area contributed by atoms with Gasteiger partial charge in [0, 0.05) is 23.1 Å². The van der Waals surface area contributed by atoms with Crippen molar-refractivity contribution in [3.8, 4) is 5.75 Å².